The normalized spacial score (nSPS) is 16.5. The van der Waals surface area contributed by atoms with E-state index in [1.54, 1.807) is 12.1 Å². The minimum Gasteiger partial charge on any atom is -0.354 e. The minimum atomic E-state index is -0.460. The monoisotopic (exact) mass is 263 g/mol. The lowest BCUT2D eigenvalue weighted by Crippen LogP contribution is -2.55. The number of hydrogen-bond donors (Lipinski definition) is 2. The van der Waals surface area contributed by atoms with Gasteiger partial charge in [-0.15, -0.1) is 0 Å². The van der Waals surface area contributed by atoms with E-state index < -0.39 is 4.92 Å². The van der Waals surface area contributed by atoms with E-state index in [4.69, 9.17) is 5.73 Å². The van der Waals surface area contributed by atoms with Crippen LogP contribution >= 0.6 is 0 Å². The summed E-state index contributed by atoms with van der Waals surface area (Å²) in [5.74, 6) is -0.106. The van der Waals surface area contributed by atoms with Crippen molar-refractivity contribution in [2.45, 2.75) is 31.2 Å². The van der Waals surface area contributed by atoms with E-state index in [-0.39, 0.29) is 23.6 Å². The highest BCUT2D eigenvalue weighted by atomic mass is 16.6. The lowest BCUT2D eigenvalue weighted by Gasteiger charge is -2.38. The van der Waals surface area contributed by atoms with Crippen molar-refractivity contribution in [1.29, 1.82) is 0 Å². The van der Waals surface area contributed by atoms with Gasteiger partial charge < -0.3 is 11.1 Å². The standard InChI is InChI=1S/C13H17N3O3/c14-13(6-1-7-13)9-15-12(17)8-10-2-4-11(5-3-10)16(18)19/h2-5H,1,6-9,14H2,(H,15,17). The minimum absolute atomic E-state index is 0.0273. The molecule has 0 atom stereocenters. The molecule has 1 amide bonds. The summed E-state index contributed by atoms with van der Waals surface area (Å²) in [6, 6.07) is 6.00. The molecule has 1 aliphatic carbocycles. The number of nitrogens with zero attached hydrogens (tertiary/aromatic N) is 1. The van der Waals surface area contributed by atoms with Crippen LogP contribution in [0.2, 0.25) is 0 Å². The molecule has 0 saturated heterocycles. The van der Waals surface area contributed by atoms with E-state index >= 15 is 0 Å². The Labute approximate surface area is 111 Å². The smallest absolute Gasteiger partial charge is 0.269 e. The van der Waals surface area contributed by atoms with Crippen LogP contribution < -0.4 is 11.1 Å². The molecule has 6 nitrogen and oxygen atoms in total. The van der Waals surface area contributed by atoms with Gasteiger partial charge in [0.1, 0.15) is 0 Å². The van der Waals surface area contributed by atoms with Crippen molar-refractivity contribution in [1.82, 2.24) is 5.32 Å². The van der Waals surface area contributed by atoms with Crippen LogP contribution in [0.3, 0.4) is 0 Å². The molecule has 0 bridgehead atoms. The number of carbonyl (C=O) groups is 1. The third kappa shape index (κ3) is 3.51. The van der Waals surface area contributed by atoms with Crippen molar-refractivity contribution >= 4 is 11.6 Å². The lowest BCUT2D eigenvalue weighted by atomic mass is 9.78. The maximum Gasteiger partial charge on any atom is 0.269 e. The molecule has 0 heterocycles. The fraction of sp³-hybridized carbons (Fsp3) is 0.462. The summed E-state index contributed by atoms with van der Waals surface area (Å²) in [7, 11) is 0. The molecule has 2 rings (SSSR count). The van der Waals surface area contributed by atoms with Gasteiger partial charge in [0.2, 0.25) is 5.91 Å². The number of nitro benzene ring substituents is 1. The summed E-state index contributed by atoms with van der Waals surface area (Å²) in [5.41, 5.74) is 6.56. The first-order valence-electron chi connectivity index (χ1n) is 6.27. The number of carbonyl (C=O) groups excluding carboxylic acids is 1. The highest BCUT2D eigenvalue weighted by Gasteiger charge is 2.32. The zero-order valence-corrected chi connectivity index (χ0v) is 10.6. The number of non-ortho nitro benzene ring substituents is 1. The van der Waals surface area contributed by atoms with Crippen LogP contribution in [0, 0.1) is 10.1 Å². The zero-order valence-electron chi connectivity index (χ0n) is 10.6. The van der Waals surface area contributed by atoms with Crippen LogP contribution in [0.1, 0.15) is 24.8 Å². The molecule has 1 fully saturated rings. The Bertz CT molecular complexity index is 480. The highest BCUT2D eigenvalue weighted by molar-refractivity contribution is 5.78. The quantitative estimate of drug-likeness (QED) is 0.614. The van der Waals surface area contributed by atoms with Crippen molar-refractivity contribution in [2.75, 3.05) is 6.54 Å². The number of nitro groups is 1. The number of hydrogen-bond acceptors (Lipinski definition) is 4. The van der Waals surface area contributed by atoms with E-state index in [9.17, 15) is 14.9 Å². The third-order valence-electron chi connectivity index (χ3n) is 3.50. The number of amides is 1. The van der Waals surface area contributed by atoms with Crippen LogP contribution in [0.5, 0.6) is 0 Å². The summed E-state index contributed by atoms with van der Waals surface area (Å²) >= 11 is 0. The van der Waals surface area contributed by atoms with Gasteiger partial charge in [-0.05, 0) is 24.8 Å². The van der Waals surface area contributed by atoms with Crippen LogP contribution in [-0.2, 0) is 11.2 Å². The van der Waals surface area contributed by atoms with Gasteiger partial charge in [-0.3, -0.25) is 14.9 Å². The molecule has 0 radical (unpaired) electrons. The van der Waals surface area contributed by atoms with Crippen molar-refractivity contribution in [2.24, 2.45) is 5.73 Å². The van der Waals surface area contributed by atoms with E-state index in [2.05, 4.69) is 5.32 Å². The molecule has 6 heteroatoms. The van der Waals surface area contributed by atoms with Gasteiger partial charge in [-0.1, -0.05) is 12.1 Å². The molecule has 0 aliphatic heterocycles. The van der Waals surface area contributed by atoms with E-state index in [0.29, 0.717) is 6.54 Å². The van der Waals surface area contributed by atoms with Gasteiger partial charge in [0.05, 0.1) is 11.3 Å². The maximum absolute atomic E-state index is 11.7. The summed E-state index contributed by atoms with van der Waals surface area (Å²) in [4.78, 5) is 21.8. The molecule has 1 saturated carbocycles. The van der Waals surface area contributed by atoms with Gasteiger partial charge in [0, 0.05) is 24.2 Å². The maximum atomic E-state index is 11.7. The van der Waals surface area contributed by atoms with Gasteiger partial charge in [-0.2, -0.15) is 0 Å². The van der Waals surface area contributed by atoms with Crippen molar-refractivity contribution in [3.63, 3.8) is 0 Å². The molecular formula is C13H17N3O3. The molecule has 102 valence electrons. The molecule has 0 aromatic heterocycles. The third-order valence-corrected chi connectivity index (χ3v) is 3.50. The Kier molecular flexibility index (Phi) is 3.80. The van der Waals surface area contributed by atoms with Crippen molar-refractivity contribution in [3.05, 3.63) is 39.9 Å². The average molecular weight is 263 g/mol. The predicted molar refractivity (Wildman–Crippen MR) is 70.6 cm³/mol. The Hall–Kier alpha value is -1.95. The van der Waals surface area contributed by atoms with Gasteiger partial charge >= 0.3 is 0 Å². The van der Waals surface area contributed by atoms with E-state index in [1.807, 2.05) is 0 Å². The second kappa shape index (κ2) is 5.36. The summed E-state index contributed by atoms with van der Waals surface area (Å²) < 4.78 is 0. The van der Waals surface area contributed by atoms with Gasteiger partial charge in [-0.25, -0.2) is 0 Å². The van der Waals surface area contributed by atoms with E-state index in [0.717, 1.165) is 24.8 Å². The second-order valence-electron chi connectivity index (χ2n) is 5.09. The largest absolute Gasteiger partial charge is 0.354 e. The molecular weight excluding hydrogens is 246 g/mol. The molecule has 19 heavy (non-hydrogen) atoms. The average Bonchev–Trinajstić information content (AvgIpc) is 2.35. The van der Waals surface area contributed by atoms with Crippen LogP contribution in [0.4, 0.5) is 5.69 Å². The lowest BCUT2D eigenvalue weighted by molar-refractivity contribution is -0.384. The molecule has 0 unspecified atom stereocenters. The summed E-state index contributed by atoms with van der Waals surface area (Å²) in [6.45, 7) is 0.499. The molecule has 1 aromatic carbocycles. The number of nitrogens with two attached hydrogens (primary N) is 1. The molecule has 1 aliphatic rings. The first-order valence-corrected chi connectivity index (χ1v) is 6.27. The second-order valence-corrected chi connectivity index (χ2v) is 5.09. The van der Waals surface area contributed by atoms with Crippen LogP contribution in [0.25, 0.3) is 0 Å². The molecule has 0 spiro atoms. The fourth-order valence-corrected chi connectivity index (χ4v) is 2.07. The molecule has 3 N–H and O–H groups in total. The zero-order chi connectivity index (χ0) is 13.9. The number of rotatable bonds is 5. The fourth-order valence-electron chi connectivity index (χ4n) is 2.07. The first-order chi connectivity index (χ1) is 8.98. The van der Waals surface area contributed by atoms with Crippen LogP contribution in [-0.4, -0.2) is 22.9 Å². The Morgan fingerprint density at radius 3 is 2.47 bits per heavy atom. The molecule has 1 aromatic rings. The Balaban J connectivity index is 1.83. The van der Waals surface area contributed by atoms with Crippen molar-refractivity contribution < 1.29 is 9.72 Å². The number of benzene rings is 1. The SMILES string of the molecule is NC1(CNC(=O)Cc2ccc([N+](=O)[O-])cc2)CCC1. The summed E-state index contributed by atoms with van der Waals surface area (Å²) in [6.07, 6.45) is 3.23. The van der Waals surface area contributed by atoms with Gasteiger partial charge in [0.25, 0.3) is 5.69 Å². The summed E-state index contributed by atoms with van der Waals surface area (Å²) in [5, 5.41) is 13.3. The predicted octanol–water partition coefficient (Wildman–Crippen LogP) is 1.13. The highest BCUT2D eigenvalue weighted by Crippen LogP contribution is 2.28. The first kappa shape index (κ1) is 13.5. The van der Waals surface area contributed by atoms with Gasteiger partial charge in [0.15, 0.2) is 0 Å². The Morgan fingerprint density at radius 1 is 1.37 bits per heavy atom. The topological polar surface area (TPSA) is 98.3 Å². The van der Waals surface area contributed by atoms with Crippen molar-refractivity contribution in [3.8, 4) is 0 Å². The number of nitrogens with one attached hydrogen (secondary N) is 1. The Morgan fingerprint density at radius 2 is 2.00 bits per heavy atom. The van der Waals surface area contributed by atoms with Crippen LogP contribution in [0.15, 0.2) is 24.3 Å². The van der Waals surface area contributed by atoms with E-state index in [1.165, 1.54) is 12.1 Å².